The summed E-state index contributed by atoms with van der Waals surface area (Å²) in [5, 5.41) is 9.06. The predicted molar refractivity (Wildman–Crippen MR) is 97.6 cm³/mol. The van der Waals surface area contributed by atoms with Crippen LogP contribution in [0.3, 0.4) is 0 Å². The van der Waals surface area contributed by atoms with E-state index >= 15 is 0 Å². The summed E-state index contributed by atoms with van der Waals surface area (Å²) >= 11 is 0. The molecular formula is C19H29N5O. The summed E-state index contributed by atoms with van der Waals surface area (Å²) in [6.07, 6.45) is 3.45. The van der Waals surface area contributed by atoms with Crippen LogP contribution in [-0.4, -0.2) is 43.5 Å². The van der Waals surface area contributed by atoms with Crippen LogP contribution >= 0.6 is 0 Å². The molecule has 1 aliphatic rings. The summed E-state index contributed by atoms with van der Waals surface area (Å²) in [5.41, 5.74) is 5.63. The van der Waals surface area contributed by atoms with Gasteiger partial charge in [0.25, 0.3) is 0 Å². The summed E-state index contributed by atoms with van der Waals surface area (Å²) in [6, 6.07) is 2.41. The van der Waals surface area contributed by atoms with E-state index in [4.69, 9.17) is 0 Å². The highest BCUT2D eigenvalue weighted by molar-refractivity contribution is 5.76. The second kappa shape index (κ2) is 7.02. The highest BCUT2D eigenvalue weighted by Gasteiger charge is 2.26. The zero-order chi connectivity index (χ0) is 18.1. The van der Waals surface area contributed by atoms with Crippen molar-refractivity contribution < 1.29 is 4.79 Å². The summed E-state index contributed by atoms with van der Waals surface area (Å²) < 4.78 is 4.00. The summed E-state index contributed by atoms with van der Waals surface area (Å²) in [4.78, 5) is 14.8. The molecule has 0 radical (unpaired) electrons. The van der Waals surface area contributed by atoms with Crippen molar-refractivity contribution in [2.24, 2.45) is 7.05 Å². The van der Waals surface area contributed by atoms with Gasteiger partial charge in [0.05, 0.1) is 17.4 Å². The quantitative estimate of drug-likeness (QED) is 0.857. The lowest BCUT2D eigenvalue weighted by atomic mass is 10.0. The number of aromatic nitrogens is 4. The Morgan fingerprint density at radius 3 is 2.60 bits per heavy atom. The van der Waals surface area contributed by atoms with Gasteiger partial charge in [-0.25, -0.2) is 0 Å². The lowest BCUT2D eigenvalue weighted by Crippen LogP contribution is -2.41. The molecule has 0 spiro atoms. The molecule has 1 saturated heterocycles. The minimum absolute atomic E-state index is 0.244. The monoisotopic (exact) mass is 343 g/mol. The third-order valence-electron chi connectivity index (χ3n) is 5.39. The van der Waals surface area contributed by atoms with E-state index in [9.17, 15) is 4.79 Å². The van der Waals surface area contributed by atoms with Gasteiger partial charge in [-0.2, -0.15) is 10.2 Å². The molecule has 3 rings (SSSR count). The van der Waals surface area contributed by atoms with Crippen molar-refractivity contribution >= 4 is 5.91 Å². The molecule has 1 fully saturated rings. The van der Waals surface area contributed by atoms with Crippen LogP contribution in [-0.2, 0) is 18.3 Å². The summed E-state index contributed by atoms with van der Waals surface area (Å²) in [6.45, 7) is 9.83. The van der Waals surface area contributed by atoms with Crippen LogP contribution in [0, 0.1) is 27.7 Å². The van der Waals surface area contributed by atoms with Crippen molar-refractivity contribution in [3.8, 4) is 0 Å². The third-order valence-corrected chi connectivity index (χ3v) is 5.39. The summed E-state index contributed by atoms with van der Waals surface area (Å²) in [7, 11) is 1.96. The fourth-order valence-electron chi connectivity index (χ4n) is 3.97. The largest absolute Gasteiger partial charge is 0.341 e. The molecule has 136 valence electrons. The number of hydrogen-bond acceptors (Lipinski definition) is 3. The Bertz CT molecular complexity index is 773. The van der Waals surface area contributed by atoms with Gasteiger partial charge in [0.1, 0.15) is 0 Å². The number of aryl methyl sites for hydroxylation is 4. The Hall–Kier alpha value is -2.11. The number of carbonyl (C=O) groups excluding carboxylic acids is 1. The average Bonchev–Trinajstić information content (AvgIpc) is 3.04. The fourth-order valence-corrected chi connectivity index (χ4v) is 3.97. The number of nitrogens with zero attached hydrogens (tertiary/aromatic N) is 5. The highest BCUT2D eigenvalue weighted by atomic mass is 16.2. The molecule has 1 atom stereocenters. The van der Waals surface area contributed by atoms with Gasteiger partial charge in [-0.3, -0.25) is 14.2 Å². The van der Waals surface area contributed by atoms with E-state index in [1.165, 1.54) is 11.3 Å². The first-order chi connectivity index (χ1) is 11.9. The highest BCUT2D eigenvalue weighted by Crippen LogP contribution is 2.24. The van der Waals surface area contributed by atoms with E-state index in [0.29, 0.717) is 12.5 Å². The van der Waals surface area contributed by atoms with Crippen LogP contribution in [0.2, 0.25) is 0 Å². The Morgan fingerprint density at radius 1 is 1.24 bits per heavy atom. The SMILES string of the molecule is Cc1cc(C)n([C@H]2CCCN(C(=O)CCc3c(C)nn(C)c3C)C2)n1. The van der Waals surface area contributed by atoms with Gasteiger partial charge in [-0.15, -0.1) is 0 Å². The van der Waals surface area contributed by atoms with Crippen molar-refractivity contribution in [1.29, 1.82) is 0 Å². The fraction of sp³-hybridized carbons (Fsp3) is 0.632. The third kappa shape index (κ3) is 3.62. The Labute approximate surface area is 149 Å². The van der Waals surface area contributed by atoms with Crippen LogP contribution < -0.4 is 0 Å². The van der Waals surface area contributed by atoms with Gasteiger partial charge in [-0.1, -0.05) is 0 Å². The maximum atomic E-state index is 12.7. The van der Waals surface area contributed by atoms with Crippen molar-refractivity contribution in [2.75, 3.05) is 13.1 Å². The minimum atomic E-state index is 0.244. The molecule has 2 aromatic heterocycles. The second-order valence-corrected chi connectivity index (χ2v) is 7.28. The maximum absolute atomic E-state index is 12.7. The van der Waals surface area contributed by atoms with Crippen molar-refractivity contribution in [1.82, 2.24) is 24.5 Å². The van der Waals surface area contributed by atoms with E-state index in [2.05, 4.69) is 34.8 Å². The number of carbonyl (C=O) groups is 1. The molecule has 6 heteroatoms. The van der Waals surface area contributed by atoms with Crippen LogP contribution in [0.15, 0.2) is 6.07 Å². The smallest absolute Gasteiger partial charge is 0.222 e. The second-order valence-electron chi connectivity index (χ2n) is 7.28. The molecule has 0 aliphatic carbocycles. The van der Waals surface area contributed by atoms with E-state index in [1.54, 1.807) is 0 Å². The first kappa shape index (κ1) is 17.7. The summed E-state index contributed by atoms with van der Waals surface area (Å²) in [5.74, 6) is 0.244. The van der Waals surface area contributed by atoms with Crippen molar-refractivity contribution in [3.63, 3.8) is 0 Å². The van der Waals surface area contributed by atoms with E-state index < -0.39 is 0 Å². The number of piperidine rings is 1. The molecule has 0 saturated carbocycles. The molecule has 1 amide bonds. The Morgan fingerprint density at radius 2 is 2.00 bits per heavy atom. The van der Waals surface area contributed by atoms with Crippen LogP contribution in [0.1, 0.15) is 53.6 Å². The van der Waals surface area contributed by atoms with Gasteiger partial charge >= 0.3 is 0 Å². The molecule has 2 aromatic rings. The van der Waals surface area contributed by atoms with Crippen LogP contribution in [0.25, 0.3) is 0 Å². The van der Waals surface area contributed by atoms with Crippen LogP contribution in [0.5, 0.6) is 0 Å². The first-order valence-corrected chi connectivity index (χ1v) is 9.16. The normalized spacial score (nSPS) is 18.0. The van der Waals surface area contributed by atoms with E-state index in [-0.39, 0.29) is 5.91 Å². The zero-order valence-corrected chi connectivity index (χ0v) is 16.0. The molecule has 0 bridgehead atoms. The minimum Gasteiger partial charge on any atom is -0.341 e. The average molecular weight is 343 g/mol. The molecular weight excluding hydrogens is 314 g/mol. The lowest BCUT2D eigenvalue weighted by molar-refractivity contribution is -0.132. The molecule has 3 heterocycles. The molecule has 6 nitrogen and oxygen atoms in total. The topological polar surface area (TPSA) is 56.0 Å². The van der Waals surface area contributed by atoms with Gasteiger partial charge in [0, 0.05) is 37.9 Å². The molecule has 1 aliphatic heterocycles. The van der Waals surface area contributed by atoms with Crippen molar-refractivity contribution in [2.45, 2.75) is 59.4 Å². The lowest BCUT2D eigenvalue weighted by Gasteiger charge is -2.33. The van der Waals surface area contributed by atoms with E-state index in [0.717, 1.165) is 49.4 Å². The van der Waals surface area contributed by atoms with Gasteiger partial charge in [0.2, 0.25) is 5.91 Å². The Kier molecular flexibility index (Phi) is 4.97. The Balaban J connectivity index is 1.63. The van der Waals surface area contributed by atoms with E-state index in [1.807, 2.05) is 30.5 Å². The maximum Gasteiger partial charge on any atom is 0.222 e. The van der Waals surface area contributed by atoms with Gasteiger partial charge in [-0.05, 0) is 58.6 Å². The van der Waals surface area contributed by atoms with Crippen molar-refractivity contribution in [3.05, 3.63) is 34.4 Å². The molecule has 0 unspecified atom stereocenters. The van der Waals surface area contributed by atoms with Gasteiger partial charge < -0.3 is 4.90 Å². The van der Waals surface area contributed by atoms with Crippen LogP contribution in [0.4, 0.5) is 0 Å². The first-order valence-electron chi connectivity index (χ1n) is 9.16. The predicted octanol–water partition coefficient (Wildman–Crippen LogP) is 2.65. The number of amides is 1. The number of hydrogen-bond donors (Lipinski definition) is 0. The zero-order valence-electron chi connectivity index (χ0n) is 16.0. The molecule has 0 N–H and O–H groups in total. The molecule has 25 heavy (non-hydrogen) atoms. The number of likely N-dealkylation sites (tertiary alicyclic amines) is 1. The number of rotatable bonds is 4. The van der Waals surface area contributed by atoms with Gasteiger partial charge in [0.15, 0.2) is 0 Å². The standard InChI is InChI=1S/C19H29N5O/c1-13-11-14(2)24(20-13)17-7-6-10-23(12-17)19(25)9-8-18-15(3)21-22(5)16(18)4/h11,17H,6-10,12H2,1-5H3/t17-/m0/s1. The molecule has 0 aromatic carbocycles.